The monoisotopic (exact) mass is 254 g/mol. The van der Waals surface area contributed by atoms with E-state index in [1.165, 1.54) is 30.6 Å². The van der Waals surface area contributed by atoms with Crippen molar-refractivity contribution in [1.29, 1.82) is 0 Å². The van der Waals surface area contributed by atoms with Gasteiger partial charge in [-0.05, 0) is 32.4 Å². The van der Waals surface area contributed by atoms with Crippen LogP contribution in [-0.2, 0) is 11.2 Å². The highest BCUT2D eigenvalue weighted by molar-refractivity contribution is 7.15. The van der Waals surface area contributed by atoms with Crippen LogP contribution < -0.4 is 5.32 Å². The minimum absolute atomic E-state index is 0.0192. The summed E-state index contributed by atoms with van der Waals surface area (Å²) in [6.45, 7) is 4.56. The molecule has 1 aromatic rings. The molecule has 1 aliphatic heterocycles. The topological polar surface area (TPSA) is 58.1 Å². The second kappa shape index (κ2) is 6.07. The van der Waals surface area contributed by atoms with E-state index in [4.69, 9.17) is 0 Å². The first kappa shape index (κ1) is 12.4. The van der Waals surface area contributed by atoms with Crippen LogP contribution in [0.5, 0.6) is 0 Å². The van der Waals surface area contributed by atoms with Gasteiger partial charge in [-0.25, -0.2) is 0 Å². The molecule has 1 saturated heterocycles. The van der Waals surface area contributed by atoms with Gasteiger partial charge in [-0.15, -0.1) is 10.2 Å². The molecule has 1 aliphatic rings. The van der Waals surface area contributed by atoms with Crippen LogP contribution in [0.15, 0.2) is 0 Å². The lowest BCUT2D eigenvalue weighted by Gasteiger charge is -2.25. The molecule has 0 spiro atoms. The highest BCUT2D eigenvalue weighted by Gasteiger charge is 2.14. The van der Waals surface area contributed by atoms with Gasteiger partial charge in [-0.2, -0.15) is 0 Å². The first-order valence-electron chi connectivity index (χ1n) is 6.12. The van der Waals surface area contributed by atoms with Gasteiger partial charge < -0.3 is 0 Å². The normalized spacial score (nSPS) is 17.0. The third kappa shape index (κ3) is 3.74. The second-order valence-corrected chi connectivity index (χ2v) is 5.30. The van der Waals surface area contributed by atoms with E-state index in [9.17, 15) is 4.79 Å². The molecule has 1 N–H and O–H groups in total. The molecule has 0 aromatic carbocycles. The first-order valence-corrected chi connectivity index (χ1v) is 6.94. The molecule has 6 heteroatoms. The van der Waals surface area contributed by atoms with Crippen LogP contribution in [0.3, 0.4) is 0 Å². The molecular formula is C11H18N4OS. The third-order valence-corrected chi connectivity index (χ3v) is 3.81. The number of piperidine rings is 1. The van der Waals surface area contributed by atoms with Gasteiger partial charge in [0.2, 0.25) is 11.0 Å². The van der Waals surface area contributed by atoms with E-state index in [1.54, 1.807) is 0 Å². The van der Waals surface area contributed by atoms with E-state index in [2.05, 4.69) is 20.4 Å². The number of aromatic nitrogens is 2. The summed E-state index contributed by atoms with van der Waals surface area (Å²) in [4.78, 5) is 14.0. The fraction of sp³-hybridized carbons (Fsp3) is 0.727. The van der Waals surface area contributed by atoms with Crippen LogP contribution >= 0.6 is 11.3 Å². The summed E-state index contributed by atoms with van der Waals surface area (Å²) in [7, 11) is 0. The van der Waals surface area contributed by atoms with Gasteiger partial charge >= 0.3 is 0 Å². The van der Waals surface area contributed by atoms with Crippen molar-refractivity contribution >= 4 is 22.4 Å². The van der Waals surface area contributed by atoms with Gasteiger partial charge in [0.05, 0.1) is 6.54 Å². The van der Waals surface area contributed by atoms with Gasteiger partial charge in [-0.3, -0.25) is 15.0 Å². The van der Waals surface area contributed by atoms with Crippen LogP contribution in [-0.4, -0.2) is 40.6 Å². The number of hydrogen-bond donors (Lipinski definition) is 1. The second-order valence-electron chi connectivity index (χ2n) is 4.24. The molecule has 0 radical (unpaired) electrons. The first-order chi connectivity index (χ1) is 8.28. The van der Waals surface area contributed by atoms with Gasteiger partial charge in [-0.1, -0.05) is 24.7 Å². The Hall–Kier alpha value is -1.01. The summed E-state index contributed by atoms with van der Waals surface area (Å²) in [6.07, 6.45) is 4.55. The molecule has 2 rings (SSSR count). The number of hydrogen-bond acceptors (Lipinski definition) is 5. The molecule has 0 aliphatic carbocycles. The fourth-order valence-corrected chi connectivity index (χ4v) is 2.62. The Labute approximate surface area is 105 Å². The number of rotatable bonds is 4. The SMILES string of the molecule is CCc1nnc(NC(=O)CN2CCCCC2)s1. The smallest absolute Gasteiger partial charge is 0.240 e. The highest BCUT2D eigenvalue weighted by Crippen LogP contribution is 2.15. The molecule has 1 amide bonds. The number of anilines is 1. The molecule has 2 heterocycles. The lowest BCUT2D eigenvalue weighted by molar-refractivity contribution is -0.117. The standard InChI is InChI=1S/C11H18N4OS/c1-2-10-13-14-11(17-10)12-9(16)8-15-6-4-3-5-7-15/h2-8H2,1H3,(H,12,14,16). The quantitative estimate of drug-likeness (QED) is 0.885. The van der Waals surface area contributed by atoms with Crippen molar-refractivity contribution in [3.05, 3.63) is 5.01 Å². The Kier molecular flexibility index (Phi) is 4.44. The van der Waals surface area contributed by atoms with Crippen LogP contribution in [0, 0.1) is 0 Å². The van der Waals surface area contributed by atoms with Gasteiger partial charge in [0, 0.05) is 0 Å². The number of nitrogens with one attached hydrogen (secondary N) is 1. The zero-order valence-electron chi connectivity index (χ0n) is 10.1. The number of amides is 1. The van der Waals surface area contributed by atoms with Crippen molar-refractivity contribution in [3.63, 3.8) is 0 Å². The van der Waals surface area contributed by atoms with Gasteiger partial charge in [0.1, 0.15) is 5.01 Å². The van der Waals surface area contributed by atoms with Crippen LogP contribution in [0.2, 0.25) is 0 Å². The Morgan fingerprint density at radius 3 is 2.76 bits per heavy atom. The molecule has 0 bridgehead atoms. The predicted molar refractivity (Wildman–Crippen MR) is 68.2 cm³/mol. The summed E-state index contributed by atoms with van der Waals surface area (Å²) >= 11 is 1.45. The average molecular weight is 254 g/mol. The van der Waals surface area contributed by atoms with E-state index in [1.807, 2.05) is 6.92 Å². The number of carbonyl (C=O) groups excluding carboxylic acids is 1. The summed E-state index contributed by atoms with van der Waals surface area (Å²) in [5.74, 6) is 0.0192. The zero-order chi connectivity index (χ0) is 12.1. The Morgan fingerprint density at radius 1 is 1.35 bits per heavy atom. The lowest BCUT2D eigenvalue weighted by Crippen LogP contribution is -2.36. The minimum Gasteiger partial charge on any atom is -0.299 e. The molecule has 5 nitrogen and oxygen atoms in total. The van der Waals surface area contributed by atoms with Crippen LogP contribution in [0.4, 0.5) is 5.13 Å². The van der Waals surface area contributed by atoms with Crippen molar-refractivity contribution in [2.45, 2.75) is 32.6 Å². The summed E-state index contributed by atoms with van der Waals surface area (Å²) < 4.78 is 0. The molecule has 1 aromatic heterocycles. The Bertz CT molecular complexity index is 373. The van der Waals surface area contributed by atoms with Crippen molar-refractivity contribution in [2.24, 2.45) is 0 Å². The summed E-state index contributed by atoms with van der Waals surface area (Å²) in [6, 6.07) is 0. The van der Waals surface area contributed by atoms with E-state index in [0.29, 0.717) is 11.7 Å². The maximum Gasteiger partial charge on any atom is 0.240 e. The van der Waals surface area contributed by atoms with Crippen LogP contribution in [0.1, 0.15) is 31.2 Å². The average Bonchev–Trinajstić information content (AvgIpc) is 2.78. The van der Waals surface area contributed by atoms with Crippen LogP contribution in [0.25, 0.3) is 0 Å². The number of carbonyl (C=O) groups is 1. The lowest BCUT2D eigenvalue weighted by atomic mass is 10.1. The fourth-order valence-electron chi connectivity index (χ4n) is 1.93. The van der Waals surface area contributed by atoms with E-state index in [-0.39, 0.29) is 5.91 Å². The number of aryl methyl sites for hydroxylation is 1. The summed E-state index contributed by atoms with van der Waals surface area (Å²) in [5, 5.41) is 12.3. The zero-order valence-corrected chi connectivity index (χ0v) is 10.9. The number of likely N-dealkylation sites (tertiary alicyclic amines) is 1. The molecule has 1 fully saturated rings. The van der Waals surface area contributed by atoms with Crippen molar-refractivity contribution < 1.29 is 4.79 Å². The van der Waals surface area contributed by atoms with Gasteiger partial charge in [0.25, 0.3) is 0 Å². The van der Waals surface area contributed by atoms with E-state index in [0.717, 1.165) is 24.5 Å². The van der Waals surface area contributed by atoms with Gasteiger partial charge in [0.15, 0.2) is 0 Å². The van der Waals surface area contributed by atoms with E-state index < -0.39 is 0 Å². The molecule has 0 atom stereocenters. The maximum atomic E-state index is 11.8. The Balaban J connectivity index is 1.79. The largest absolute Gasteiger partial charge is 0.299 e. The maximum absolute atomic E-state index is 11.8. The molecule has 0 saturated carbocycles. The molecule has 94 valence electrons. The third-order valence-electron chi connectivity index (χ3n) is 2.83. The van der Waals surface area contributed by atoms with E-state index >= 15 is 0 Å². The molecule has 0 unspecified atom stereocenters. The van der Waals surface area contributed by atoms with Crippen molar-refractivity contribution in [2.75, 3.05) is 25.0 Å². The predicted octanol–water partition coefficient (Wildman–Crippen LogP) is 1.52. The van der Waals surface area contributed by atoms with Crippen molar-refractivity contribution in [1.82, 2.24) is 15.1 Å². The highest BCUT2D eigenvalue weighted by atomic mass is 32.1. The van der Waals surface area contributed by atoms with Crippen molar-refractivity contribution in [3.8, 4) is 0 Å². The number of nitrogens with zero attached hydrogens (tertiary/aromatic N) is 3. The minimum atomic E-state index is 0.0192. The molecular weight excluding hydrogens is 236 g/mol. The Morgan fingerprint density at radius 2 is 2.12 bits per heavy atom. The molecule has 17 heavy (non-hydrogen) atoms. The summed E-state index contributed by atoms with van der Waals surface area (Å²) in [5.41, 5.74) is 0.